The van der Waals surface area contributed by atoms with Gasteiger partial charge in [0.25, 0.3) is 0 Å². The number of alkyl halides is 2. The van der Waals surface area contributed by atoms with Crippen LogP contribution in [0.1, 0.15) is 55.4 Å². The number of aliphatic hydroxyl groups excluding tert-OH is 1. The van der Waals surface area contributed by atoms with Gasteiger partial charge in [-0.1, -0.05) is 31.4 Å². The molecule has 0 bridgehead atoms. The highest BCUT2D eigenvalue weighted by molar-refractivity contribution is 5.80. The number of aromatic nitrogens is 3. The van der Waals surface area contributed by atoms with Crippen LogP contribution in [0.25, 0.3) is 0 Å². The van der Waals surface area contributed by atoms with Crippen molar-refractivity contribution in [1.82, 2.24) is 25.4 Å². The van der Waals surface area contributed by atoms with Crippen LogP contribution in [0.3, 0.4) is 0 Å². The summed E-state index contributed by atoms with van der Waals surface area (Å²) < 4.78 is 30.8. The summed E-state index contributed by atoms with van der Waals surface area (Å²) in [5.41, 5.74) is 0.593. The second-order valence-electron chi connectivity index (χ2n) is 7.71. The predicted molar refractivity (Wildman–Crippen MR) is 113 cm³/mol. The van der Waals surface area contributed by atoms with E-state index < -0.39 is 12.7 Å². The molecule has 0 amide bonds. The lowest BCUT2D eigenvalue weighted by Gasteiger charge is -2.25. The Morgan fingerprint density at radius 2 is 1.94 bits per heavy atom. The maximum atomic E-state index is 12.3. The van der Waals surface area contributed by atoms with Gasteiger partial charge < -0.3 is 25.0 Å². The van der Waals surface area contributed by atoms with E-state index in [0.29, 0.717) is 24.1 Å². The molecule has 8 nitrogen and oxygen atoms in total. The van der Waals surface area contributed by atoms with Gasteiger partial charge in [0.2, 0.25) is 0 Å². The van der Waals surface area contributed by atoms with Crippen LogP contribution in [0.15, 0.2) is 29.3 Å². The van der Waals surface area contributed by atoms with Crippen molar-refractivity contribution in [2.75, 3.05) is 6.54 Å². The minimum atomic E-state index is -2.88. The van der Waals surface area contributed by atoms with Crippen molar-refractivity contribution < 1.29 is 18.6 Å². The van der Waals surface area contributed by atoms with Gasteiger partial charge in [-0.05, 0) is 37.5 Å². The zero-order valence-corrected chi connectivity index (χ0v) is 17.9. The van der Waals surface area contributed by atoms with Crippen molar-refractivity contribution in [2.24, 2.45) is 12.0 Å². The van der Waals surface area contributed by atoms with E-state index in [-0.39, 0.29) is 12.3 Å². The Labute approximate surface area is 180 Å². The first-order valence-corrected chi connectivity index (χ1v) is 10.5. The molecule has 1 unspecified atom stereocenters. The van der Waals surface area contributed by atoms with E-state index in [1.54, 1.807) is 12.1 Å². The molecule has 1 aliphatic carbocycles. The van der Waals surface area contributed by atoms with Crippen molar-refractivity contribution in [2.45, 2.75) is 64.3 Å². The van der Waals surface area contributed by atoms with Gasteiger partial charge in [0.15, 0.2) is 11.8 Å². The fourth-order valence-corrected chi connectivity index (χ4v) is 3.51. The van der Waals surface area contributed by atoms with Gasteiger partial charge >= 0.3 is 6.61 Å². The van der Waals surface area contributed by atoms with Gasteiger partial charge in [0.1, 0.15) is 18.1 Å². The minimum Gasteiger partial charge on any atom is -0.435 e. The molecule has 31 heavy (non-hydrogen) atoms. The number of rotatable bonds is 8. The number of hydrogen-bond donors (Lipinski definition) is 3. The minimum absolute atomic E-state index is 0.0547. The SMILES string of the molecule is Cc1nnc(CN=C(NCC(O)c2ccc(OC(F)F)cc2)NC2CCCCC2)n1C. The Kier molecular flexibility index (Phi) is 8.16. The topological polar surface area (TPSA) is 96.6 Å². The molecule has 1 heterocycles. The van der Waals surface area contributed by atoms with Crippen LogP contribution in [0.2, 0.25) is 0 Å². The molecular formula is C21H30F2N6O2. The Hall–Kier alpha value is -2.75. The van der Waals surface area contributed by atoms with Crippen LogP contribution < -0.4 is 15.4 Å². The lowest BCUT2D eigenvalue weighted by atomic mass is 9.96. The molecule has 1 aliphatic rings. The van der Waals surface area contributed by atoms with Gasteiger partial charge in [0, 0.05) is 19.6 Å². The Morgan fingerprint density at radius 3 is 2.55 bits per heavy atom. The third-order valence-corrected chi connectivity index (χ3v) is 5.46. The fourth-order valence-electron chi connectivity index (χ4n) is 3.51. The molecule has 3 rings (SSSR count). The number of nitrogens with zero attached hydrogens (tertiary/aromatic N) is 4. The zero-order valence-electron chi connectivity index (χ0n) is 17.9. The van der Waals surface area contributed by atoms with E-state index in [9.17, 15) is 13.9 Å². The molecule has 2 aromatic rings. The third kappa shape index (κ3) is 6.88. The van der Waals surface area contributed by atoms with E-state index >= 15 is 0 Å². The van der Waals surface area contributed by atoms with Crippen LogP contribution >= 0.6 is 0 Å². The van der Waals surface area contributed by atoms with E-state index in [0.717, 1.165) is 24.5 Å². The summed E-state index contributed by atoms with van der Waals surface area (Å²) in [5, 5.41) is 25.4. The largest absolute Gasteiger partial charge is 0.435 e. The molecule has 10 heteroatoms. The van der Waals surface area contributed by atoms with Gasteiger partial charge in [-0.2, -0.15) is 8.78 Å². The average molecular weight is 437 g/mol. The average Bonchev–Trinajstić information content (AvgIpc) is 3.08. The Balaban J connectivity index is 1.62. The molecule has 0 aliphatic heterocycles. The second kappa shape index (κ2) is 11.0. The summed E-state index contributed by atoms with van der Waals surface area (Å²) in [6.45, 7) is -0.423. The van der Waals surface area contributed by atoms with Gasteiger partial charge in [-0.25, -0.2) is 4.99 Å². The van der Waals surface area contributed by atoms with Gasteiger partial charge in [-0.3, -0.25) is 0 Å². The first kappa shape index (κ1) is 22.9. The summed E-state index contributed by atoms with van der Waals surface area (Å²) in [4.78, 5) is 4.63. The maximum Gasteiger partial charge on any atom is 0.387 e. The van der Waals surface area contributed by atoms with Crippen molar-refractivity contribution in [1.29, 1.82) is 0 Å². The third-order valence-electron chi connectivity index (χ3n) is 5.46. The standard InChI is InChI=1S/C21H30F2N6O2/c1-14-27-28-19(29(14)2)13-25-21(26-16-6-4-3-5-7-16)24-12-18(30)15-8-10-17(11-9-15)31-20(22)23/h8-11,16,18,20,30H,3-7,12-13H2,1-2H3,(H2,24,25,26). The molecule has 3 N–H and O–H groups in total. The predicted octanol–water partition coefficient (Wildman–Crippen LogP) is 2.83. The van der Waals surface area contributed by atoms with Crippen molar-refractivity contribution in [3.05, 3.63) is 41.5 Å². The molecule has 0 radical (unpaired) electrons. The number of hydrogen-bond acceptors (Lipinski definition) is 5. The number of halogens is 2. The van der Waals surface area contributed by atoms with E-state index in [2.05, 4.69) is 30.6 Å². The highest BCUT2D eigenvalue weighted by Gasteiger charge is 2.16. The fraction of sp³-hybridized carbons (Fsp3) is 0.571. The van der Waals surface area contributed by atoms with E-state index in [1.807, 2.05) is 18.5 Å². The van der Waals surface area contributed by atoms with Crippen molar-refractivity contribution in [3.8, 4) is 5.75 Å². The number of aryl methyl sites for hydroxylation is 1. The summed E-state index contributed by atoms with van der Waals surface area (Å²) in [7, 11) is 1.90. The number of guanidine groups is 1. The number of aliphatic hydroxyl groups is 1. The highest BCUT2D eigenvalue weighted by atomic mass is 19.3. The number of benzene rings is 1. The van der Waals surface area contributed by atoms with Crippen LogP contribution in [0.4, 0.5) is 8.78 Å². The van der Waals surface area contributed by atoms with E-state index in [1.165, 1.54) is 31.4 Å². The summed E-state index contributed by atoms with van der Waals surface area (Å²) >= 11 is 0. The van der Waals surface area contributed by atoms with E-state index in [4.69, 9.17) is 0 Å². The summed E-state index contributed by atoms with van der Waals surface area (Å²) in [6.07, 6.45) is 4.94. The van der Waals surface area contributed by atoms with Crippen LogP contribution in [0, 0.1) is 6.92 Å². The second-order valence-corrected chi connectivity index (χ2v) is 7.71. The molecule has 1 saturated carbocycles. The van der Waals surface area contributed by atoms with Crippen molar-refractivity contribution in [3.63, 3.8) is 0 Å². The molecule has 1 fully saturated rings. The zero-order chi connectivity index (χ0) is 22.2. The molecule has 1 atom stereocenters. The lowest BCUT2D eigenvalue weighted by Crippen LogP contribution is -2.45. The summed E-state index contributed by atoms with van der Waals surface area (Å²) in [5.74, 6) is 2.22. The first-order valence-electron chi connectivity index (χ1n) is 10.5. The molecule has 170 valence electrons. The Bertz CT molecular complexity index is 850. The van der Waals surface area contributed by atoms with Crippen LogP contribution in [-0.2, 0) is 13.6 Å². The lowest BCUT2D eigenvalue weighted by molar-refractivity contribution is -0.0498. The van der Waals surface area contributed by atoms with Gasteiger partial charge in [-0.15, -0.1) is 10.2 Å². The van der Waals surface area contributed by atoms with Gasteiger partial charge in [0.05, 0.1) is 6.10 Å². The van der Waals surface area contributed by atoms with Crippen molar-refractivity contribution >= 4 is 5.96 Å². The molecule has 1 aromatic carbocycles. The number of ether oxygens (including phenoxy) is 1. The monoisotopic (exact) mass is 436 g/mol. The first-order chi connectivity index (χ1) is 14.9. The maximum absolute atomic E-state index is 12.3. The Morgan fingerprint density at radius 1 is 1.23 bits per heavy atom. The highest BCUT2D eigenvalue weighted by Crippen LogP contribution is 2.19. The number of aliphatic imine (C=N–C) groups is 1. The van der Waals surface area contributed by atoms with Crippen LogP contribution in [-0.4, -0.2) is 45.0 Å². The number of nitrogens with one attached hydrogen (secondary N) is 2. The molecule has 0 spiro atoms. The quantitative estimate of drug-likeness (QED) is 0.435. The normalized spacial score (nSPS) is 16.4. The molecule has 0 saturated heterocycles. The van der Waals surface area contributed by atoms with Crippen LogP contribution in [0.5, 0.6) is 5.75 Å². The molecular weight excluding hydrogens is 406 g/mol. The summed E-state index contributed by atoms with van der Waals surface area (Å²) in [6, 6.07) is 6.30. The smallest absolute Gasteiger partial charge is 0.387 e. The molecule has 1 aromatic heterocycles.